The molecule has 18 heavy (non-hydrogen) atoms. The van der Waals surface area contributed by atoms with Crippen molar-refractivity contribution in [2.75, 3.05) is 32.8 Å². The minimum absolute atomic E-state index is 0.0734. The summed E-state index contributed by atoms with van der Waals surface area (Å²) in [6, 6.07) is 8.70. The Balaban J connectivity index is 1.93. The summed E-state index contributed by atoms with van der Waals surface area (Å²) >= 11 is 6.49. The van der Waals surface area contributed by atoms with Crippen molar-refractivity contribution in [1.29, 1.82) is 0 Å². The maximum absolute atomic E-state index is 6.49. The Labute approximate surface area is 115 Å². The van der Waals surface area contributed by atoms with Crippen molar-refractivity contribution in [1.82, 2.24) is 4.90 Å². The average Bonchev–Trinajstić information content (AvgIpc) is 2.40. The Kier molecular flexibility index (Phi) is 5.04. The van der Waals surface area contributed by atoms with Crippen LogP contribution < -0.4 is 0 Å². The fraction of sp³-hybridized carbons (Fsp3) is 0.600. The lowest BCUT2D eigenvalue weighted by Crippen LogP contribution is -2.38. The topological polar surface area (TPSA) is 12.5 Å². The van der Waals surface area contributed by atoms with Crippen LogP contribution in [-0.2, 0) is 4.74 Å². The van der Waals surface area contributed by atoms with Crippen LogP contribution in [0.3, 0.4) is 0 Å². The van der Waals surface area contributed by atoms with Crippen LogP contribution in [0.25, 0.3) is 0 Å². The molecule has 2 nitrogen and oxygen atoms in total. The summed E-state index contributed by atoms with van der Waals surface area (Å²) in [4.78, 5) is 2.37. The molecule has 0 saturated carbocycles. The second-order valence-electron chi connectivity index (χ2n) is 5.20. The molecule has 1 atom stereocenters. The van der Waals surface area contributed by atoms with Gasteiger partial charge in [0.25, 0.3) is 0 Å². The molecular formula is C15H22ClNO. The molecule has 0 bridgehead atoms. The smallest absolute Gasteiger partial charge is 0.0712 e. The second kappa shape index (κ2) is 6.55. The van der Waals surface area contributed by atoms with Crippen molar-refractivity contribution in [2.45, 2.75) is 25.1 Å². The Morgan fingerprint density at radius 1 is 1.11 bits per heavy atom. The van der Waals surface area contributed by atoms with Gasteiger partial charge in [-0.05, 0) is 17.0 Å². The zero-order valence-corrected chi connectivity index (χ0v) is 12.0. The van der Waals surface area contributed by atoms with Crippen molar-refractivity contribution in [3.05, 3.63) is 35.4 Å². The third-order valence-corrected chi connectivity index (χ3v) is 3.88. The van der Waals surface area contributed by atoms with Crippen molar-refractivity contribution in [3.8, 4) is 0 Å². The molecule has 0 spiro atoms. The zero-order chi connectivity index (χ0) is 13.0. The Morgan fingerprint density at radius 2 is 1.67 bits per heavy atom. The molecule has 1 heterocycles. The van der Waals surface area contributed by atoms with Gasteiger partial charge in [-0.25, -0.2) is 0 Å². The highest BCUT2D eigenvalue weighted by atomic mass is 35.5. The van der Waals surface area contributed by atoms with Gasteiger partial charge in [0.1, 0.15) is 0 Å². The lowest BCUT2D eigenvalue weighted by Gasteiger charge is -2.28. The number of rotatable bonds is 4. The molecular weight excluding hydrogens is 246 g/mol. The van der Waals surface area contributed by atoms with Crippen LogP contribution in [0, 0.1) is 0 Å². The highest BCUT2D eigenvalue weighted by Gasteiger charge is 2.16. The van der Waals surface area contributed by atoms with Gasteiger partial charge in [-0.15, -0.1) is 11.6 Å². The van der Waals surface area contributed by atoms with Gasteiger partial charge in [0.2, 0.25) is 0 Å². The highest BCUT2D eigenvalue weighted by Crippen LogP contribution is 2.24. The van der Waals surface area contributed by atoms with E-state index in [9.17, 15) is 0 Å². The van der Waals surface area contributed by atoms with Crippen molar-refractivity contribution in [2.24, 2.45) is 0 Å². The predicted molar refractivity (Wildman–Crippen MR) is 76.4 cm³/mol. The molecule has 1 saturated heterocycles. The molecule has 1 fully saturated rings. The van der Waals surface area contributed by atoms with E-state index in [1.54, 1.807) is 0 Å². The minimum Gasteiger partial charge on any atom is -0.379 e. The molecule has 100 valence electrons. The molecule has 0 radical (unpaired) electrons. The van der Waals surface area contributed by atoms with Gasteiger partial charge in [-0.3, -0.25) is 4.90 Å². The Morgan fingerprint density at radius 3 is 2.22 bits per heavy atom. The summed E-state index contributed by atoms with van der Waals surface area (Å²) in [7, 11) is 0. The number of hydrogen-bond acceptors (Lipinski definition) is 2. The molecule has 0 amide bonds. The molecule has 0 N–H and O–H groups in total. The van der Waals surface area contributed by atoms with Crippen LogP contribution in [0.5, 0.6) is 0 Å². The van der Waals surface area contributed by atoms with Crippen LogP contribution in [0.1, 0.15) is 36.3 Å². The summed E-state index contributed by atoms with van der Waals surface area (Å²) in [5, 5.41) is 0.0734. The molecule has 2 rings (SSSR count). The number of nitrogens with zero attached hydrogens (tertiary/aromatic N) is 1. The third kappa shape index (κ3) is 3.71. The maximum Gasteiger partial charge on any atom is 0.0712 e. The fourth-order valence-corrected chi connectivity index (χ4v) is 2.55. The fourth-order valence-electron chi connectivity index (χ4n) is 2.21. The second-order valence-corrected chi connectivity index (χ2v) is 5.73. The molecule has 0 aromatic heterocycles. The summed E-state index contributed by atoms with van der Waals surface area (Å²) in [6.07, 6.45) is 0. The average molecular weight is 268 g/mol. The van der Waals surface area contributed by atoms with E-state index < -0.39 is 0 Å². The largest absolute Gasteiger partial charge is 0.379 e. The van der Waals surface area contributed by atoms with Gasteiger partial charge < -0.3 is 4.74 Å². The van der Waals surface area contributed by atoms with Crippen LogP contribution in [0.4, 0.5) is 0 Å². The van der Waals surface area contributed by atoms with E-state index in [-0.39, 0.29) is 5.38 Å². The van der Waals surface area contributed by atoms with Crippen molar-refractivity contribution < 1.29 is 4.74 Å². The number of ether oxygens (including phenoxy) is 1. The van der Waals surface area contributed by atoms with E-state index in [0.717, 1.165) is 32.8 Å². The number of halogens is 1. The van der Waals surface area contributed by atoms with Gasteiger partial charge >= 0.3 is 0 Å². The van der Waals surface area contributed by atoms with E-state index in [4.69, 9.17) is 16.3 Å². The summed E-state index contributed by atoms with van der Waals surface area (Å²) in [5.74, 6) is 0.576. The quantitative estimate of drug-likeness (QED) is 0.775. The van der Waals surface area contributed by atoms with Crippen LogP contribution >= 0.6 is 11.6 Å². The molecule has 1 unspecified atom stereocenters. The number of benzene rings is 1. The standard InChI is InChI=1S/C15H22ClNO/c1-12(2)13-3-5-14(6-4-13)15(16)11-17-7-9-18-10-8-17/h3-6,12,15H,7-11H2,1-2H3. The van der Waals surface area contributed by atoms with E-state index >= 15 is 0 Å². The SMILES string of the molecule is CC(C)c1ccc(C(Cl)CN2CCOCC2)cc1. The molecule has 1 aromatic rings. The summed E-state index contributed by atoms with van der Waals surface area (Å²) in [6.45, 7) is 8.97. The lowest BCUT2D eigenvalue weighted by molar-refractivity contribution is 0.0379. The zero-order valence-electron chi connectivity index (χ0n) is 11.2. The molecule has 1 aromatic carbocycles. The maximum atomic E-state index is 6.49. The summed E-state index contributed by atoms with van der Waals surface area (Å²) in [5.41, 5.74) is 2.58. The molecule has 1 aliphatic rings. The van der Waals surface area contributed by atoms with Gasteiger partial charge in [-0.1, -0.05) is 38.1 Å². The van der Waals surface area contributed by atoms with E-state index in [2.05, 4.69) is 43.0 Å². The monoisotopic (exact) mass is 267 g/mol. The van der Waals surface area contributed by atoms with Crippen molar-refractivity contribution >= 4 is 11.6 Å². The number of hydrogen-bond donors (Lipinski definition) is 0. The van der Waals surface area contributed by atoms with E-state index in [1.165, 1.54) is 11.1 Å². The minimum atomic E-state index is 0.0734. The molecule has 3 heteroatoms. The Bertz CT molecular complexity index is 357. The molecule has 1 aliphatic heterocycles. The van der Waals surface area contributed by atoms with E-state index in [0.29, 0.717) is 5.92 Å². The van der Waals surface area contributed by atoms with E-state index in [1.807, 2.05) is 0 Å². The first-order valence-corrected chi connectivity index (χ1v) is 7.14. The van der Waals surface area contributed by atoms with Crippen molar-refractivity contribution in [3.63, 3.8) is 0 Å². The first kappa shape index (κ1) is 13.9. The number of morpholine rings is 1. The van der Waals surface area contributed by atoms with Crippen LogP contribution in [0.15, 0.2) is 24.3 Å². The van der Waals surface area contributed by atoms with Crippen LogP contribution in [-0.4, -0.2) is 37.7 Å². The normalized spacial score (nSPS) is 19.1. The molecule has 0 aliphatic carbocycles. The van der Waals surface area contributed by atoms with Crippen LogP contribution in [0.2, 0.25) is 0 Å². The lowest BCUT2D eigenvalue weighted by atomic mass is 10.0. The third-order valence-electron chi connectivity index (χ3n) is 3.49. The Hall–Kier alpha value is -0.570. The van der Waals surface area contributed by atoms with Gasteiger partial charge in [0, 0.05) is 19.6 Å². The first-order valence-electron chi connectivity index (χ1n) is 6.71. The predicted octanol–water partition coefficient (Wildman–Crippen LogP) is 3.42. The van der Waals surface area contributed by atoms with Gasteiger partial charge in [-0.2, -0.15) is 0 Å². The van der Waals surface area contributed by atoms with Gasteiger partial charge in [0.15, 0.2) is 0 Å². The van der Waals surface area contributed by atoms with Gasteiger partial charge in [0.05, 0.1) is 18.6 Å². The summed E-state index contributed by atoms with van der Waals surface area (Å²) < 4.78 is 5.34. The highest BCUT2D eigenvalue weighted by molar-refractivity contribution is 6.21. The number of alkyl halides is 1. The first-order chi connectivity index (χ1) is 8.66.